The minimum absolute atomic E-state index is 0.128. The third-order valence-corrected chi connectivity index (χ3v) is 1.80. The number of carbonyl (C=O) groups excluding carboxylic acids is 1. The zero-order chi connectivity index (χ0) is 8.27. The lowest BCUT2D eigenvalue weighted by atomic mass is 10.1. The van der Waals surface area contributed by atoms with E-state index in [1.165, 1.54) is 6.92 Å². The summed E-state index contributed by atoms with van der Waals surface area (Å²) in [5.41, 5.74) is 0. The number of nitrogens with one attached hydrogen (secondary N) is 2. The predicted octanol–water partition coefficient (Wildman–Crippen LogP) is -1.50. The second kappa shape index (κ2) is 3.80. The van der Waals surface area contributed by atoms with Crippen molar-refractivity contribution in [2.75, 3.05) is 19.6 Å². The lowest BCUT2D eigenvalue weighted by molar-refractivity contribution is -0.128. The van der Waals surface area contributed by atoms with Gasteiger partial charge in [0.15, 0.2) is 5.78 Å². The van der Waals surface area contributed by atoms with Crippen LogP contribution in [0.2, 0.25) is 0 Å². The van der Waals surface area contributed by atoms with E-state index in [1.807, 2.05) is 0 Å². The Morgan fingerprint density at radius 2 is 2.36 bits per heavy atom. The molecule has 1 heterocycles. The molecule has 0 saturated carbocycles. The van der Waals surface area contributed by atoms with Crippen molar-refractivity contribution in [3.63, 3.8) is 0 Å². The minimum atomic E-state index is -0.854. The van der Waals surface area contributed by atoms with Gasteiger partial charge in [-0.1, -0.05) is 0 Å². The molecule has 0 radical (unpaired) electrons. The molecule has 0 unspecified atom stereocenters. The first-order chi connectivity index (χ1) is 5.22. The van der Waals surface area contributed by atoms with E-state index in [0.717, 1.165) is 13.1 Å². The summed E-state index contributed by atoms with van der Waals surface area (Å²) in [6, 6.07) is -0.205. The predicted molar refractivity (Wildman–Crippen MR) is 41.3 cm³/mol. The van der Waals surface area contributed by atoms with Gasteiger partial charge in [-0.15, -0.1) is 0 Å². The van der Waals surface area contributed by atoms with Crippen LogP contribution in [0.4, 0.5) is 0 Å². The van der Waals surface area contributed by atoms with Crippen molar-refractivity contribution >= 4 is 5.78 Å². The van der Waals surface area contributed by atoms with Gasteiger partial charge >= 0.3 is 0 Å². The Labute approximate surface area is 66.0 Å². The highest BCUT2D eigenvalue weighted by Crippen LogP contribution is 1.93. The fourth-order valence-electron chi connectivity index (χ4n) is 1.15. The van der Waals surface area contributed by atoms with Crippen LogP contribution in [0.1, 0.15) is 6.92 Å². The van der Waals surface area contributed by atoms with Crippen LogP contribution in [-0.2, 0) is 4.79 Å². The second-order valence-corrected chi connectivity index (χ2v) is 2.79. The number of hydrogen-bond acceptors (Lipinski definition) is 4. The zero-order valence-corrected chi connectivity index (χ0v) is 6.63. The number of carbonyl (C=O) groups is 1. The molecule has 0 aromatic rings. The molecule has 64 valence electrons. The third kappa shape index (κ3) is 2.25. The maximum Gasteiger partial charge on any atom is 0.179 e. The lowest BCUT2D eigenvalue weighted by Crippen LogP contribution is -2.54. The fraction of sp³-hybridized carbons (Fsp3) is 0.857. The quantitative estimate of drug-likeness (QED) is 0.457. The van der Waals surface area contributed by atoms with Crippen molar-refractivity contribution in [2.24, 2.45) is 0 Å². The summed E-state index contributed by atoms with van der Waals surface area (Å²) in [4.78, 5) is 11.1. The van der Waals surface area contributed by atoms with Crippen molar-refractivity contribution in [3.8, 4) is 0 Å². The molecule has 11 heavy (non-hydrogen) atoms. The van der Waals surface area contributed by atoms with Gasteiger partial charge < -0.3 is 15.7 Å². The Kier molecular flexibility index (Phi) is 2.99. The summed E-state index contributed by atoms with van der Waals surface area (Å²) >= 11 is 0. The van der Waals surface area contributed by atoms with E-state index >= 15 is 0 Å². The monoisotopic (exact) mass is 158 g/mol. The first-order valence-electron chi connectivity index (χ1n) is 3.87. The smallest absolute Gasteiger partial charge is 0.179 e. The van der Waals surface area contributed by atoms with Crippen molar-refractivity contribution in [3.05, 3.63) is 0 Å². The Hall–Kier alpha value is -0.450. The van der Waals surface area contributed by atoms with Gasteiger partial charge in [0.1, 0.15) is 6.10 Å². The summed E-state index contributed by atoms with van der Waals surface area (Å²) in [7, 11) is 0. The number of ketones is 1. The molecule has 1 aliphatic rings. The van der Waals surface area contributed by atoms with E-state index in [1.54, 1.807) is 0 Å². The van der Waals surface area contributed by atoms with Gasteiger partial charge in [0.05, 0.1) is 6.04 Å². The van der Waals surface area contributed by atoms with Crippen LogP contribution in [0.15, 0.2) is 0 Å². The molecule has 0 aliphatic carbocycles. The van der Waals surface area contributed by atoms with Crippen LogP contribution in [0.3, 0.4) is 0 Å². The molecule has 1 fully saturated rings. The van der Waals surface area contributed by atoms with Crippen molar-refractivity contribution < 1.29 is 9.90 Å². The molecule has 4 nitrogen and oxygen atoms in total. The summed E-state index contributed by atoms with van der Waals surface area (Å²) in [5.74, 6) is -0.128. The van der Waals surface area contributed by atoms with Gasteiger partial charge in [-0.3, -0.25) is 4.79 Å². The summed E-state index contributed by atoms with van der Waals surface area (Å²) in [5, 5.41) is 15.1. The first-order valence-corrected chi connectivity index (χ1v) is 3.87. The van der Waals surface area contributed by atoms with Crippen LogP contribution in [0, 0.1) is 0 Å². The van der Waals surface area contributed by atoms with Gasteiger partial charge in [-0.05, 0) is 6.92 Å². The number of aliphatic hydroxyl groups is 1. The molecule has 0 spiro atoms. The van der Waals surface area contributed by atoms with Gasteiger partial charge in [0, 0.05) is 19.6 Å². The molecule has 3 N–H and O–H groups in total. The van der Waals surface area contributed by atoms with Crippen molar-refractivity contribution in [1.82, 2.24) is 10.6 Å². The van der Waals surface area contributed by atoms with Crippen molar-refractivity contribution in [1.29, 1.82) is 0 Å². The standard InChI is InChI=1S/C7H14N2O2/c1-5(10)7(11)6-4-8-2-3-9-6/h5-6,8-10H,2-4H2,1H3/t5-,6+/m0/s1. The maximum absolute atomic E-state index is 11.1. The normalized spacial score (nSPS) is 28.0. The van der Waals surface area contributed by atoms with E-state index in [-0.39, 0.29) is 11.8 Å². The largest absolute Gasteiger partial charge is 0.386 e. The molecular formula is C7H14N2O2. The van der Waals surface area contributed by atoms with Crippen LogP contribution < -0.4 is 10.6 Å². The average molecular weight is 158 g/mol. The highest BCUT2D eigenvalue weighted by molar-refractivity contribution is 5.87. The highest BCUT2D eigenvalue weighted by Gasteiger charge is 2.23. The Balaban J connectivity index is 2.39. The van der Waals surface area contributed by atoms with Gasteiger partial charge in [-0.25, -0.2) is 0 Å². The Morgan fingerprint density at radius 3 is 2.82 bits per heavy atom. The molecule has 2 atom stereocenters. The number of rotatable bonds is 2. The Morgan fingerprint density at radius 1 is 1.64 bits per heavy atom. The first kappa shape index (κ1) is 8.64. The zero-order valence-electron chi connectivity index (χ0n) is 6.63. The highest BCUT2D eigenvalue weighted by atomic mass is 16.3. The molecular weight excluding hydrogens is 144 g/mol. The van der Waals surface area contributed by atoms with Crippen LogP contribution in [-0.4, -0.2) is 42.7 Å². The molecule has 4 heteroatoms. The topological polar surface area (TPSA) is 61.4 Å². The molecule has 0 aromatic heterocycles. The van der Waals surface area contributed by atoms with E-state index in [2.05, 4.69) is 10.6 Å². The van der Waals surface area contributed by atoms with Gasteiger partial charge in [0.2, 0.25) is 0 Å². The van der Waals surface area contributed by atoms with E-state index in [0.29, 0.717) is 6.54 Å². The fourth-order valence-corrected chi connectivity index (χ4v) is 1.15. The van der Waals surface area contributed by atoms with Crippen LogP contribution in [0.5, 0.6) is 0 Å². The summed E-state index contributed by atoms with van der Waals surface area (Å²) in [6.07, 6.45) is -0.854. The molecule has 0 aromatic carbocycles. The summed E-state index contributed by atoms with van der Waals surface area (Å²) < 4.78 is 0. The van der Waals surface area contributed by atoms with E-state index < -0.39 is 6.10 Å². The van der Waals surface area contributed by atoms with Gasteiger partial charge in [0.25, 0.3) is 0 Å². The number of aliphatic hydroxyl groups excluding tert-OH is 1. The lowest BCUT2D eigenvalue weighted by Gasteiger charge is -2.24. The Bertz CT molecular complexity index is 141. The molecule has 0 bridgehead atoms. The van der Waals surface area contributed by atoms with E-state index in [4.69, 9.17) is 5.11 Å². The average Bonchev–Trinajstić information content (AvgIpc) is 2.05. The van der Waals surface area contributed by atoms with Gasteiger partial charge in [-0.2, -0.15) is 0 Å². The summed E-state index contributed by atoms with van der Waals surface area (Å²) in [6.45, 7) is 3.81. The van der Waals surface area contributed by atoms with Crippen molar-refractivity contribution in [2.45, 2.75) is 19.1 Å². The number of hydrogen-bond donors (Lipinski definition) is 3. The third-order valence-electron chi connectivity index (χ3n) is 1.80. The van der Waals surface area contributed by atoms with Crippen LogP contribution >= 0.6 is 0 Å². The number of piperazine rings is 1. The SMILES string of the molecule is C[C@H](O)C(=O)[C@H]1CNCCN1. The minimum Gasteiger partial charge on any atom is -0.386 e. The molecule has 1 aliphatic heterocycles. The molecule has 1 rings (SSSR count). The molecule has 1 saturated heterocycles. The van der Waals surface area contributed by atoms with Crippen LogP contribution in [0.25, 0.3) is 0 Å². The maximum atomic E-state index is 11.1. The second-order valence-electron chi connectivity index (χ2n) is 2.79. The number of Topliss-reactive ketones (excluding diaryl/α,β-unsaturated/α-hetero) is 1. The molecule has 0 amide bonds. The van der Waals surface area contributed by atoms with E-state index in [9.17, 15) is 4.79 Å².